The van der Waals surface area contributed by atoms with E-state index >= 15 is 0 Å². The Hall–Kier alpha value is -3.01. The monoisotopic (exact) mass is 291 g/mol. The van der Waals surface area contributed by atoms with E-state index < -0.39 is 0 Å². The minimum atomic E-state index is -0.136. The van der Waals surface area contributed by atoms with Crippen molar-refractivity contribution in [2.45, 2.75) is 6.54 Å². The Balaban J connectivity index is 1.66. The third-order valence-electron chi connectivity index (χ3n) is 3.64. The summed E-state index contributed by atoms with van der Waals surface area (Å²) in [7, 11) is 0. The predicted octanol–water partition coefficient (Wildman–Crippen LogP) is 4.11. The molecule has 2 aromatic carbocycles. The topological polar surface area (TPSA) is 55.4 Å². The molecule has 1 N–H and O–H groups in total. The van der Waals surface area contributed by atoms with Gasteiger partial charge in [0, 0.05) is 16.3 Å². The lowest BCUT2D eigenvalue weighted by atomic mass is 10.1. The number of hydrogen-bond donors (Lipinski definition) is 1. The number of carbonyl (C=O) groups excluding carboxylic acids is 1. The molecule has 0 unspecified atom stereocenters. The number of carbonyl (C=O) groups is 1. The van der Waals surface area contributed by atoms with Crippen LogP contribution in [0, 0.1) is 0 Å². The number of amides is 1. The van der Waals surface area contributed by atoms with Crippen molar-refractivity contribution in [2.24, 2.45) is 0 Å². The highest BCUT2D eigenvalue weighted by molar-refractivity contribution is 6.08. The van der Waals surface area contributed by atoms with Crippen LogP contribution >= 0.6 is 0 Å². The summed E-state index contributed by atoms with van der Waals surface area (Å²) in [6.45, 7) is 0.371. The summed E-state index contributed by atoms with van der Waals surface area (Å²) in [6.07, 6.45) is 1.59. The molecule has 0 aliphatic carbocycles. The summed E-state index contributed by atoms with van der Waals surface area (Å²) in [6, 6.07) is 16.9. The average Bonchev–Trinajstić information content (AvgIpc) is 3.19. The van der Waals surface area contributed by atoms with Crippen LogP contribution in [-0.4, -0.2) is 5.91 Å². The van der Waals surface area contributed by atoms with E-state index in [1.807, 2.05) is 42.5 Å². The molecule has 108 valence electrons. The average molecular weight is 291 g/mol. The van der Waals surface area contributed by atoms with E-state index in [1.54, 1.807) is 18.4 Å². The van der Waals surface area contributed by atoms with Gasteiger partial charge in [-0.2, -0.15) is 0 Å². The van der Waals surface area contributed by atoms with Crippen molar-refractivity contribution in [3.8, 4) is 0 Å². The van der Waals surface area contributed by atoms with E-state index in [9.17, 15) is 4.79 Å². The Morgan fingerprint density at radius 2 is 1.82 bits per heavy atom. The van der Waals surface area contributed by atoms with Crippen LogP contribution in [0.2, 0.25) is 0 Å². The van der Waals surface area contributed by atoms with Crippen LogP contribution < -0.4 is 5.32 Å². The molecule has 0 saturated heterocycles. The lowest BCUT2D eigenvalue weighted by Gasteiger charge is -2.03. The molecule has 0 aliphatic rings. The normalized spacial score (nSPS) is 11.1. The summed E-state index contributed by atoms with van der Waals surface area (Å²) in [5.41, 5.74) is 2.21. The lowest BCUT2D eigenvalue weighted by molar-refractivity contribution is 0.0948. The van der Waals surface area contributed by atoms with Gasteiger partial charge in [-0.05, 0) is 36.4 Å². The molecule has 2 heterocycles. The Bertz CT molecular complexity index is 951. The van der Waals surface area contributed by atoms with E-state index in [0.717, 1.165) is 27.7 Å². The summed E-state index contributed by atoms with van der Waals surface area (Å²) < 4.78 is 11.0. The number of furan rings is 2. The van der Waals surface area contributed by atoms with Crippen LogP contribution in [0.4, 0.5) is 0 Å². The van der Waals surface area contributed by atoms with Gasteiger partial charge in [0.25, 0.3) is 5.91 Å². The van der Waals surface area contributed by atoms with Crippen molar-refractivity contribution in [1.82, 2.24) is 5.32 Å². The quantitative estimate of drug-likeness (QED) is 0.618. The summed E-state index contributed by atoms with van der Waals surface area (Å²) in [5.74, 6) is 0.590. The Morgan fingerprint density at radius 1 is 0.955 bits per heavy atom. The highest BCUT2D eigenvalue weighted by Gasteiger charge is 2.11. The highest BCUT2D eigenvalue weighted by atomic mass is 16.3. The molecule has 1 amide bonds. The first-order valence-electron chi connectivity index (χ1n) is 7.03. The molecule has 0 bridgehead atoms. The molecule has 0 radical (unpaired) electrons. The molecular formula is C18H13NO3. The van der Waals surface area contributed by atoms with Crippen molar-refractivity contribution in [1.29, 1.82) is 0 Å². The number of nitrogens with one attached hydrogen (secondary N) is 1. The third kappa shape index (κ3) is 2.15. The van der Waals surface area contributed by atoms with E-state index in [2.05, 4.69) is 5.32 Å². The predicted molar refractivity (Wildman–Crippen MR) is 83.6 cm³/mol. The van der Waals surface area contributed by atoms with Gasteiger partial charge in [0.05, 0.1) is 12.8 Å². The number of para-hydroxylation sites is 1. The first-order chi connectivity index (χ1) is 10.8. The third-order valence-corrected chi connectivity index (χ3v) is 3.64. The van der Waals surface area contributed by atoms with E-state index in [4.69, 9.17) is 8.83 Å². The van der Waals surface area contributed by atoms with Crippen molar-refractivity contribution in [3.63, 3.8) is 0 Å². The Labute approximate surface area is 126 Å². The number of hydrogen-bond acceptors (Lipinski definition) is 3. The molecular weight excluding hydrogens is 278 g/mol. The molecule has 4 nitrogen and oxygen atoms in total. The smallest absolute Gasteiger partial charge is 0.251 e. The maximum absolute atomic E-state index is 12.3. The van der Waals surface area contributed by atoms with Crippen LogP contribution in [0.5, 0.6) is 0 Å². The molecule has 4 rings (SSSR count). The highest BCUT2D eigenvalue weighted by Crippen LogP contribution is 2.29. The summed E-state index contributed by atoms with van der Waals surface area (Å²) >= 11 is 0. The van der Waals surface area contributed by atoms with Crippen molar-refractivity contribution in [2.75, 3.05) is 0 Å². The van der Waals surface area contributed by atoms with Gasteiger partial charge in [-0.1, -0.05) is 18.2 Å². The first-order valence-corrected chi connectivity index (χ1v) is 7.03. The molecule has 0 saturated carbocycles. The molecule has 0 spiro atoms. The molecule has 2 aromatic heterocycles. The first kappa shape index (κ1) is 12.7. The van der Waals surface area contributed by atoms with Crippen molar-refractivity contribution >= 4 is 27.8 Å². The standard InChI is InChI=1S/C18H13NO3/c20-18(19-11-13-4-3-9-21-13)12-7-8-17-15(10-12)14-5-1-2-6-16(14)22-17/h1-10H,11H2,(H,19,20). The zero-order valence-corrected chi connectivity index (χ0v) is 11.7. The van der Waals surface area contributed by atoms with Gasteiger partial charge in [-0.25, -0.2) is 0 Å². The largest absolute Gasteiger partial charge is 0.467 e. The molecule has 4 heteroatoms. The van der Waals surface area contributed by atoms with Crippen molar-refractivity contribution in [3.05, 3.63) is 72.2 Å². The number of rotatable bonds is 3. The summed E-state index contributed by atoms with van der Waals surface area (Å²) in [4.78, 5) is 12.3. The van der Waals surface area contributed by atoms with Gasteiger partial charge in [0.2, 0.25) is 0 Å². The van der Waals surface area contributed by atoms with Crippen LogP contribution in [0.25, 0.3) is 21.9 Å². The van der Waals surface area contributed by atoms with Crippen LogP contribution in [0.3, 0.4) is 0 Å². The Kier molecular flexibility index (Phi) is 2.93. The second-order valence-corrected chi connectivity index (χ2v) is 5.07. The van der Waals surface area contributed by atoms with Gasteiger partial charge in [-0.3, -0.25) is 4.79 Å². The number of fused-ring (bicyclic) bond motifs is 3. The van der Waals surface area contributed by atoms with Crippen LogP contribution in [-0.2, 0) is 6.54 Å². The zero-order chi connectivity index (χ0) is 14.9. The van der Waals surface area contributed by atoms with Gasteiger partial charge in [0.15, 0.2) is 0 Å². The molecule has 0 fully saturated rings. The lowest BCUT2D eigenvalue weighted by Crippen LogP contribution is -2.22. The minimum Gasteiger partial charge on any atom is -0.467 e. The summed E-state index contributed by atoms with van der Waals surface area (Å²) in [5, 5.41) is 4.80. The van der Waals surface area contributed by atoms with Crippen LogP contribution in [0.15, 0.2) is 69.7 Å². The fraction of sp³-hybridized carbons (Fsp3) is 0.0556. The zero-order valence-electron chi connectivity index (χ0n) is 11.7. The van der Waals surface area contributed by atoms with Gasteiger partial charge < -0.3 is 14.2 Å². The SMILES string of the molecule is O=C(NCc1ccco1)c1ccc2oc3ccccc3c2c1. The van der Waals surface area contributed by atoms with Gasteiger partial charge >= 0.3 is 0 Å². The second kappa shape index (κ2) is 5.07. The Morgan fingerprint density at radius 3 is 2.68 bits per heavy atom. The maximum Gasteiger partial charge on any atom is 0.251 e. The van der Waals surface area contributed by atoms with Crippen molar-refractivity contribution < 1.29 is 13.6 Å². The molecule has 22 heavy (non-hydrogen) atoms. The van der Waals surface area contributed by atoms with Gasteiger partial charge in [0.1, 0.15) is 16.9 Å². The van der Waals surface area contributed by atoms with E-state index in [1.165, 1.54) is 0 Å². The molecule has 0 aliphatic heterocycles. The van der Waals surface area contributed by atoms with E-state index in [0.29, 0.717) is 12.1 Å². The molecule has 0 atom stereocenters. The molecule has 4 aromatic rings. The fourth-order valence-corrected chi connectivity index (χ4v) is 2.55. The van der Waals surface area contributed by atoms with E-state index in [-0.39, 0.29) is 5.91 Å². The minimum absolute atomic E-state index is 0.136. The second-order valence-electron chi connectivity index (χ2n) is 5.07. The fourth-order valence-electron chi connectivity index (χ4n) is 2.55. The van der Waals surface area contributed by atoms with Gasteiger partial charge in [-0.15, -0.1) is 0 Å². The van der Waals surface area contributed by atoms with Crippen LogP contribution in [0.1, 0.15) is 16.1 Å². The number of benzene rings is 2. The maximum atomic E-state index is 12.3.